The predicted molar refractivity (Wildman–Crippen MR) is 170 cm³/mol. The number of hydrogen-bond acceptors (Lipinski definition) is 5. The quantitative estimate of drug-likeness (QED) is 0.145. The smallest absolute Gasteiger partial charge is 0.352 e. The van der Waals surface area contributed by atoms with E-state index in [1.54, 1.807) is 18.3 Å². The standard InChI is InChI=1S/C35H25N3O4S/c1-23-16-18-27(19-17-23)43(41,42)22-33-35(38(39)40)37-21-26(30-14-6-10-24-8-2-4-12-28(24)30)20-32(34(37)36-33)31-15-7-11-25-9-3-5-13-29(25)31/h2-21H,22H2,1H3. The predicted octanol–water partition coefficient (Wildman–Crippen LogP) is 8.17. The van der Waals surface area contributed by atoms with E-state index in [9.17, 15) is 18.5 Å². The molecule has 5 aromatic carbocycles. The molecule has 0 unspecified atom stereocenters. The van der Waals surface area contributed by atoms with Crippen LogP contribution in [0.3, 0.4) is 0 Å². The first-order valence-corrected chi connectivity index (χ1v) is 15.4. The highest BCUT2D eigenvalue weighted by molar-refractivity contribution is 7.90. The lowest BCUT2D eigenvalue weighted by Crippen LogP contribution is -2.07. The van der Waals surface area contributed by atoms with Gasteiger partial charge in [0.1, 0.15) is 11.9 Å². The number of benzene rings is 5. The highest BCUT2D eigenvalue weighted by Crippen LogP contribution is 2.39. The molecule has 0 atom stereocenters. The van der Waals surface area contributed by atoms with Gasteiger partial charge < -0.3 is 10.1 Å². The Kier molecular flexibility index (Phi) is 6.29. The summed E-state index contributed by atoms with van der Waals surface area (Å²) in [6, 6.07) is 36.3. The summed E-state index contributed by atoms with van der Waals surface area (Å²) in [5.74, 6) is -0.971. The first-order chi connectivity index (χ1) is 20.8. The van der Waals surface area contributed by atoms with Gasteiger partial charge >= 0.3 is 5.82 Å². The maximum atomic E-state index is 13.5. The second-order valence-electron chi connectivity index (χ2n) is 10.6. The van der Waals surface area contributed by atoms with E-state index in [0.717, 1.165) is 43.8 Å². The van der Waals surface area contributed by atoms with Crippen LogP contribution in [0.4, 0.5) is 5.82 Å². The largest absolute Gasteiger partial charge is 0.358 e. The average molecular weight is 584 g/mol. The van der Waals surface area contributed by atoms with Gasteiger partial charge in [0.2, 0.25) is 5.65 Å². The van der Waals surface area contributed by atoms with Crippen LogP contribution >= 0.6 is 0 Å². The van der Waals surface area contributed by atoms with E-state index < -0.39 is 20.5 Å². The molecule has 210 valence electrons. The fourth-order valence-electron chi connectivity index (χ4n) is 5.76. The van der Waals surface area contributed by atoms with Crippen molar-refractivity contribution in [3.8, 4) is 22.3 Å². The number of nitro groups is 1. The lowest BCUT2D eigenvalue weighted by atomic mass is 9.94. The van der Waals surface area contributed by atoms with Crippen LogP contribution in [0.5, 0.6) is 0 Å². The zero-order valence-corrected chi connectivity index (χ0v) is 24.0. The van der Waals surface area contributed by atoms with Crippen molar-refractivity contribution >= 4 is 42.8 Å². The van der Waals surface area contributed by atoms with Crippen molar-refractivity contribution in [2.24, 2.45) is 0 Å². The van der Waals surface area contributed by atoms with E-state index in [-0.39, 0.29) is 16.4 Å². The van der Waals surface area contributed by atoms with Crippen molar-refractivity contribution in [2.45, 2.75) is 17.6 Å². The molecule has 0 bridgehead atoms. The number of hydrogen-bond donors (Lipinski definition) is 0. The third kappa shape index (κ3) is 4.62. The van der Waals surface area contributed by atoms with E-state index in [1.165, 1.54) is 16.5 Å². The number of sulfone groups is 1. The molecule has 2 aromatic heterocycles. The Morgan fingerprint density at radius 3 is 1.98 bits per heavy atom. The summed E-state index contributed by atoms with van der Waals surface area (Å²) in [6.45, 7) is 1.87. The SMILES string of the molecule is Cc1ccc(S(=O)(=O)Cc2nc3c(-c4cccc5ccccc45)cc(-c4cccc5ccccc45)cn3c2[N+](=O)[O-])cc1. The molecule has 43 heavy (non-hydrogen) atoms. The van der Waals surface area contributed by atoms with Gasteiger partial charge in [0.15, 0.2) is 15.5 Å². The van der Waals surface area contributed by atoms with Crippen molar-refractivity contribution in [3.05, 3.63) is 143 Å². The first-order valence-electron chi connectivity index (χ1n) is 13.8. The summed E-state index contributed by atoms with van der Waals surface area (Å²) < 4.78 is 28.4. The third-order valence-electron chi connectivity index (χ3n) is 7.82. The fraction of sp³-hybridized carbons (Fsp3) is 0.0571. The molecule has 0 amide bonds. The van der Waals surface area contributed by atoms with Crippen LogP contribution in [0.1, 0.15) is 11.3 Å². The first kappa shape index (κ1) is 26.6. The monoisotopic (exact) mass is 583 g/mol. The molecule has 2 heterocycles. The number of fused-ring (bicyclic) bond motifs is 3. The molecule has 0 spiro atoms. The Labute approximate surface area is 247 Å². The summed E-state index contributed by atoms with van der Waals surface area (Å²) in [6.07, 6.45) is 1.69. The van der Waals surface area contributed by atoms with E-state index in [2.05, 4.69) is 4.98 Å². The normalized spacial score (nSPS) is 11.8. The van der Waals surface area contributed by atoms with E-state index in [1.807, 2.05) is 97.9 Å². The molecule has 7 rings (SSSR count). The van der Waals surface area contributed by atoms with Gasteiger partial charge in [0.25, 0.3) is 0 Å². The molecule has 0 aliphatic heterocycles. The summed E-state index contributed by atoms with van der Waals surface area (Å²) >= 11 is 0. The van der Waals surface area contributed by atoms with Crippen LogP contribution < -0.4 is 0 Å². The summed E-state index contributed by atoms with van der Waals surface area (Å²) in [4.78, 5) is 16.9. The Morgan fingerprint density at radius 2 is 1.33 bits per heavy atom. The van der Waals surface area contributed by atoms with Crippen molar-refractivity contribution in [1.82, 2.24) is 9.38 Å². The van der Waals surface area contributed by atoms with E-state index in [0.29, 0.717) is 11.2 Å². The van der Waals surface area contributed by atoms with Crippen LogP contribution in [0.2, 0.25) is 0 Å². The number of aromatic nitrogens is 2. The molecule has 0 aliphatic rings. The van der Waals surface area contributed by atoms with E-state index >= 15 is 0 Å². The van der Waals surface area contributed by atoms with Crippen LogP contribution in [-0.4, -0.2) is 22.7 Å². The van der Waals surface area contributed by atoms with Crippen LogP contribution in [0.25, 0.3) is 49.4 Å². The lowest BCUT2D eigenvalue weighted by molar-refractivity contribution is -0.391. The zero-order valence-electron chi connectivity index (χ0n) is 23.1. The number of nitrogens with zero attached hydrogens (tertiary/aromatic N) is 3. The molecule has 0 N–H and O–H groups in total. The Morgan fingerprint density at radius 1 is 0.744 bits per heavy atom. The third-order valence-corrected chi connectivity index (χ3v) is 9.47. The molecule has 7 aromatic rings. The molecular formula is C35H25N3O4S. The van der Waals surface area contributed by atoms with Gasteiger partial charge in [-0.3, -0.25) is 0 Å². The van der Waals surface area contributed by atoms with E-state index in [4.69, 9.17) is 0 Å². The van der Waals surface area contributed by atoms with Gasteiger partial charge in [-0.1, -0.05) is 103 Å². The minimum atomic E-state index is -3.92. The average Bonchev–Trinajstić information content (AvgIpc) is 3.37. The van der Waals surface area contributed by atoms with Gasteiger partial charge in [-0.15, -0.1) is 0 Å². The minimum absolute atomic E-state index is 0.0928. The van der Waals surface area contributed by atoms with Gasteiger partial charge in [0, 0.05) is 5.56 Å². The number of rotatable bonds is 6. The van der Waals surface area contributed by atoms with Gasteiger partial charge in [-0.2, -0.15) is 4.40 Å². The molecule has 0 radical (unpaired) electrons. The second kappa shape index (κ2) is 10.2. The molecule has 8 heteroatoms. The van der Waals surface area contributed by atoms with Crippen molar-refractivity contribution in [3.63, 3.8) is 0 Å². The summed E-state index contributed by atoms with van der Waals surface area (Å²) in [7, 11) is -3.92. The van der Waals surface area contributed by atoms with Crippen LogP contribution in [0.15, 0.2) is 126 Å². The Balaban J connectivity index is 1.54. The van der Waals surface area contributed by atoms with Gasteiger partial charge in [-0.25, -0.2) is 13.4 Å². The molecule has 0 aliphatic carbocycles. The molecule has 0 saturated heterocycles. The Hall–Kier alpha value is -5.34. The van der Waals surface area contributed by atoms with Gasteiger partial charge in [-0.05, 0) is 62.7 Å². The molecule has 0 fully saturated rings. The minimum Gasteiger partial charge on any atom is -0.358 e. The lowest BCUT2D eigenvalue weighted by Gasteiger charge is -2.11. The van der Waals surface area contributed by atoms with Crippen molar-refractivity contribution in [2.75, 3.05) is 0 Å². The second-order valence-corrected chi connectivity index (χ2v) is 12.6. The topological polar surface area (TPSA) is 94.6 Å². The zero-order chi connectivity index (χ0) is 29.7. The van der Waals surface area contributed by atoms with Crippen molar-refractivity contribution in [1.29, 1.82) is 0 Å². The molecule has 7 nitrogen and oxygen atoms in total. The summed E-state index contributed by atoms with van der Waals surface area (Å²) in [5.41, 5.74) is 4.29. The van der Waals surface area contributed by atoms with Crippen LogP contribution in [0, 0.1) is 17.0 Å². The van der Waals surface area contributed by atoms with Crippen LogP contribution in [-0.2, 0) is 15.6 Å². The summed E-state index contributed by atoms with van der Waals surface area (Å²) in [5, 5.41) is 16.6. The maximum absolute atomic E-state index is 13.5. The molecule has 0 saturated carbocycles. The fourth-order valence-corrected chi connectivity index (χ4v) is 7.03. The maximum Gasteiger partial charge on any atom is 0.352 e. The highest BCUT2D eigenvalue weighted by atomic mass is 32.2. The number of imidazole rings is 1. The highest BCUT2D eigenvalue weighted by Gasteiger charge is 2.30. The van der Waals surface area contributed by atoms with Gasteiger partial charge in [0.05, 0.1) is 10.5 Å². The number of aryl methyl sites for hydroxylation is 1. The van der Waals surface area contributed by atoms with Crippen molar-refractivity contribution < 1.29 is 13.3 Å². The Bertz CT molecular complexity index is 2310. The molecular weight excluding hydrogens is 558 g/mol. The number of pyridine rings is 1.